The van der Waals surface area contributed by atoms with Crippen molar-refractivity contribution in [3.63, 3.8) is 0 Å². The largest absolute Gasteiger partial charge is 0.336 e. The Balaban J connectivity index is 1.40. The van der Waals surface area contributed by atoms with Gasteiger partial charge in [-0.15, -0.1) is 11.3 Å². The number of ketones is 1. The number of fused-ring (bicyclic) bond motifs is 2. The normalized spacial score (nSPS) is 11.5. The third-order valence-corrected chi connectivity index (χ3v) is 7.28. The summed E-state index contributed by atoms with van der Waals surface area (Å²) in [6.07, 6.45) is 6.74. The van der Waals surface area contributed by atoms with Gasteiger partial charge in [0.2, 0.25) is 5.91 Å². The van der Waals surface area contributed by atoms with Crippen molar-refractivity contribution in [1.82, 2.24) is 35.1 Å². The highest BCUT2D eigenvalue weighted by Crippen LogP contribution is 2.34. The Hall–Kier alpha value is -4.77. The first-order valence-electron chi connectivity index (χ1n) is 11.9. The third-order valence-electron chi connectivity index (χ3n) is 6.08. The average molecular weight is 523 g/mol. The maximum Gasteiger partial charge on any atom is 0.226 e. The highest BCUT2D eigenvalue weighted by Gasteiger charge is 2.18. The number of aromatic amines is 2. The van der Waals surface area contributed by atoms with Gasteiger partial charge in [0.05, 0.1) is 44.6 Å². The quantitative estimate of drug-likeness (QED) is 0.246. The van der Waals surface area contributed by atoms with E-state index in [0.29, 0.717) is 39.0 Å². The standard InChI is InChI=1S/C27H22N8O2S/c1-13(2)27(37)31-16-8-15(10-28-11-16)19-9-17-20(12-30-19)34-35-23(17)26-32-18-6-7-29-25(24(18)33-26)22-5-4-21(38-22)14(3)36/h4-13H,1-3H3,(H,31,37)(H,32,33)(H,34,35). The number of H-pyrrole nitrogens is 2. The monoisotopic (exact) mass is 522 g/mol. The van der Waals surface area contributed by atoms with Crippen molar-refractivity contribution in [3.8, 4) is 33.3 Å². The summed E-state index contributed by atoms with van der Waals surface area (Å²) in [5.41, 5.74) is 5.65. The average Bonchev–Trinajstić information content (AvgIpc) is 3.66. The summed E-state index contributed by atoms with van der Waals surface area (Å²) in [5.74, 6) is 0.379. The number of imidazole rings is 1. The summed E-state index contributed by atoms with van der Waals surface area (Å²) in [7, 11) is 0. The van der Waals surface area contributed by atoms with Crippen molar-refractivity contribution in [2.24, 2.45) is 5.92 Å². The van der Waals surface area contributed by atoms with Crippen LogP contribution in [0.1, 0.15) is 30.4 Å². The second-order valence-corrected chi connectivity index (χ2v) is 10.2. The number of hydrogen-bond acceptors (Lipinski definition) is 8. The molecule has 0 spiro atoms. The second-order valence-electron chi connectivity index (χ2n) is 9.15. The van der Waals surface area contributed by atoms with E-state index in [9.17, 15) is 9.59 Å². The van der Waals surface area contributed by atoms with Gasteiger partial charge >= 0.3 is 0 Å². The van der Waals surface area contributed by atoms with Crippen molar-refractivity contribution in [1.29, 1.82) is 0 Å². The Morgan fingerprint density at radius 2 is 1.87 bits per heavy atom. The molecule has 0 aliphatic heterocycles. The maximum atomic E-state index is 12.1. The van der Waals surface area contributed by atoms with Crippen molar-refractivity contribution in [3.05, 3.63) is 60.0 Å². The summed E-state index contributed by atoms with van der Waals surface area (Å²) >= 11 is 1.40. The molecular formula is C27H22N8O2S. The first-order valence-corrected chi connectivity index (χ1v) is 12.8. The minimum atomic E-state index is -0.142. The molecule has 188 valence electrons. The molecule has 38 heavy (non-hydrogen) atoms. The van der Waals surface area contributed by atoms with Crippen LogP contribution in [0, 0.1) is 5.92 Å². The molecule has 0 radical (unpaired) electrons. The van der Waals surface area contributed by atoms with E-state index in [4.69, 9.17) is 4.98 Å². The van der Waals surface area contributed by atoms with Crippen molar-refractivity contribution in [2.75, 3.05) is 5.32 Å². The summed E-state index contributed by atoms with van der Waals surface area (Å²) in [6, 6.07) is 9.33. The number of aromatic nitrogens is 7. The topological polar surface area (TPSA) is 142 Å². The molecule has 0 bridgehead atoms. The third kappa shape index (κ3) is 4.22. The molecule has 0 saturated heterocycles. The number of thiophene rings is 1. The van der Waals surface area contributed by atoms with Crippen molar-refractivity contribution in [2.45, 2.75) is 20.8 Å². The van der Waals surface area contributed by atoms with Gasteiger partial charge in [0.25, 0.3) is 0 Å². The lowest BCUT2D eigenvalue weighted by Crippen LogP contribution is -2.17. The maximum absolute atomic E-state index is 12.1. The number of nitrogens with one attached hydrogen (secondary N) is 3. The molecule has 6 aromatic heterocycles. The Kier molecular flexibility index (Phi) is 5.76. The van der Waals surface area contributed by atoms with Crippen LogP contribution in [0.2, 0.25) is 0 Å². The van der Waals surface area contributed by atoms with E-state index in [1.54, 1.807) is 31.7 Å². The number of pyridine rings is 3. The number of carbonyl (C=O) groups excluding carboxylic acids is 2. The molecule has 0 saturated carbocycles. The van der Waals surface area contributed by atoms with Crippen LogP contribution in [0.15, 0.2) is 55.1 Å². The molecule has 1 amide bonds. The Bertz CT molecular complexity index is 1850. The number of amides is 1. The Morgan fingerprint density at radius 3 is 2.66 bits per heavy atom. The molecule has 6 aromatic rings. The van der Waals surface area contributed by atoms with E-state index in [2.05, 4.69) is 35.5 Å². The fraction of sp³-hybridized carbons (Fsp3) is 0.148. The first kappa shape index (κ1) is 23.6. The Morgan fingerprint density at radius 1 is 1.00 bits per heavy atom. The fourth-order valence-electron chi connectivity index (χ4n) is 4.07. The van der Waals surface area contributed by atoms with Gasteiger partial charge in [-0.1, -0.05) is 13.8 Å². The summed E-state index contributed by atoms with van der Waals surface area (Å²) in [5, 5.41) is 11.2. The van der Waals surface area contributed by atoms with E-state index < -0.39 is 0 Å². The molecule has 0 atom stereocenters. The molecule has 3 N–H and O–H groups in total. The van der Waals surface area contributed by atoms with Crippen molar-refractivity contribution < 1.29 is 9.59 Å². The minimum absolute atomic E-state index is 0.0200. The molecule has 0 aliphatic carbocycles. The zero-order valence-corrected chi connectivity index (χ0v) is 21.6. The molecule has 11 heteroatoms. The van der Waals surface area contributed by atoms with Gasteiger partial charge in [-0.3, -0.25) is 29.6 Å². The molecule has 0 fully saturated rings. The summed E-state index contributed by atoms with van der Waals surface area (Å²) in [6.45, 7) is 5.23. The molecular weight excluding hydrogens is 500 g/mol. The van der Waals surface area contributed by atoms with Crippen LogP contribution in [0.4, 0.5) is 5.69 Å². The van der Waals surface area contributed by atoms with E-state index in [-0.39, 0.29) is 17.6 Å². The van der Waals surface area contributed by atoms with Crippen molar-refractivity contribution >= 4 is 50.7 Å². The molecule has 6 rings (SSSR count). The minimum Gasteiger partial charge on any atom is -0.336 e. The lowest BCUT2D eigenvalue weighted by molar-refractivity contribution is -0.118. The van der Waals surface area contributed by atoms with Crippen LogP contribution >= 0.6 is 11.3 Å². The van der Waals surface area contributed by atoms with Crippen LogP contribution in [0.3, 0.4) is 0 Å². The van der Waals surface area contributed by atoms with Crippen LogP contribution in [-0.4, -0.2) is 46.8 Å². The highest BCUT2D eigenvalue weighted by molar-refractivity contribution is 7.17. The van der Waals surface area contributed by atoms with Crippen LogP contribution in [0.5, 0.6) is 0 Å². The number of anilines is 1. The molecule has 6 heterocycles. The summed E-state index contributed by atoms with van der Waals surface area (Å²) in [4.78, 5) is 47.0. The zero-order valence-electron chi connectivity index (χ0n) is 20.7. The first-order chi connectivity index (χ1) is 18.4. The van der Waals surface area contributed by atoms with Crippen LogP contribution in [0.25, 0.3) is 55.3 Å². The number of carbonyl (C=O) groups is 2. The van der Waals surface area contributed by atoms with Gasteiger partial charge < -0.3 is 10.3 Å². The van der Waals surface area contributed by atoms with Crippen LogP contribution < -0.4 is 5.32 Å². The number of rotatable bonds is 6. The fourth-order valence-corrected chi connectivity index (χ4v) is 4.97. The molecule has 0 unspecified atom stereocenters. The smallest absolute Gasteiger partial charge is 0.226 e. The number of hydrogen-bond donors (Lipinski definition) is 3. The Labute approximate surface area is 220 Å². The van der Waals surface area contributed by atoms with Gasteiger partial charge in [0, 0.05) is 29.3 Å². The number of Topliss-reactive ketones (excluding diaryl/α,β-unsaturated/α-hetero) is 1. The molecule has 0 aliphatic rings. The van der Waals surface area contributed by atoms with E-state index in [0.717, 1.165) is 26.9 Å². The van der Waals surface area contributed by atoms with E-state index >= 15 is 0 Å². The number of nitrogens with zero attached hydrogens (tertiary/aromatic N) is 5. The molecule has 10 nitrogen and oxygen atoms in total. The van der Waals surface area contributed by atoms with Gasteiger partial charge in [-0.2, -0.15) is 5.10 Å². The predicted molar refractivity (Wildman–Crippen MR) is 147 cm³/mol. The molecule has 0 aromatic carbocycles. The van der Waals surface area contributed by atoms with Gasteiger partial charge in [0.1, 0.15) is 16.9 Å². The van der Waals surface area contributed by atoms with Gasteiger partial charge in [-0.25, -0.2) is 4.98 Å². The van der Waals surface area contributed by atoms with Gasteiger partial charge in [0.15, 0.2) is 11.6 Å². The van der Waals surface area contributed by atoms with Gasteiger partial charge in [-0.05, 0) is 37.3 Å². The second kappa shape index (κ2) is 9.27. The lowest BCUT2D eigenvalue weighted by Gasteiger charge is -2.08. The van der Waals surface area contributed by atoms with E-state index in [1.165, 1.54) is 11.3 Å². The predicted octanol–water partition coefficient (Wildman–Crippen LogP) is 5.48. The zero-order chi connectivity index (χ0) is 26.4. The lowest BCUT2D eigenvalue weighted by atomic mass is 10.1. The van der Waals surface area contributed by atoms with Crippen LogP contribution in [-0.2, 0) is 4.79 Å². The SMILES string of the molecule is CC(=O)c1ccc(-c2nccc3[nH]c(-c4n[nH]c5cnc(-c6cncc(NC(=O)C(C)C)c6)cc45)nc23)s1. The summed E-state index contributed by atoms with van der Waals surface area (Å²) < 4.78 is 0. The highest BCUT2D eigenvalue weighted by atomic mass is 32.1. The van der Waals surface area contributed by atoms with E-state index in [1.807, 2.05) is 44.2 Å².